The Labute approximate surface area is 114 Å². The van der Waals surface area contributed by atoms with Crippen molar-refractivity contribution in [2.75, 3.05) is 23.3 Å². The average Bonchev–Trinajstić information content (AvgIpc) is 2.43. The highest BCUT2D eigenvalue weighted by Crippen LogP contribution is 2.24. The molecule has 0 amide bonds. The molecule has 0 unspecified atom stereocenters. The van der Waals surface area contributed by atoms with Crippen molar-refractivity contribution >= 4 is 17.3 Å². The van der Waals surface area contributed by atoms with E-state index in [4.69, 9.17) is 0 Å². The number of hydrogen-bond donors (Lipinski definition) is 1. The molecular weight excluding hydrogens is 236 g/mol. The Hall–Kier alpha value is -2.10. The molecular formula is C15H20N4. The molecule has 0 aliphatic rings. The Bertz CT molecular complexity index is 522. The van der Waals surface area contributed by atoms with E-state index in [1.807, 2.05) is 6.07 Å². The van der Waals surface area contributed by atoms with Crippen molar-refractivity contribution in [2.45, 2.75) is 20.8 Å². The van der Waals surface area contributed by atoms with Crippen LogP contribution in [0.1, 0.15) is 19.4 Å². The molecule has 100 valence electrons. The van der Waals surface area contributed by atoms with Crippen LogP contribution in [0.25, 0.3) is 0 Å². The maximum atomic E-state index is 4.37. The zero-order valence-corrected chi connectivity index (χ0v) is 11.7. The number of aryl methyl sites for hydroxylation is 1. The average molecular weight is 256 g/mol. The summed E-state index contributed by atoms with van der Waals surface area (Å²) in [7, 11) is 0. The normalized spacial score (nSPS) is 10.3. The summed E-state index contributed by atoms with van der Waals surface area (Å²) in [5.74, 6) is 1.77. The van der Waals surface area contributed by atoms with Gasteiger partial charge in [0.15, 0.2) is 0 Å². The third-order valence-corrected chi connectivity index (χ3v) is 2.95. The number of benzene rings is 1. The van der Waals surface area contributed by atoms with Crippen LogP contribution in [-0.4, -0.2) is 23.1 Å². The number of nitrogens with one attached hydrogen (secondary N) is 1. The molecule has 1 aromatic carbocycles. The molecule has 4 heteroatoms. The lowest BCUT2D eigenvalue weighted by Gasteiger charge is -2.22. The maximum absolute atomic E-state index is 4.37. The van der Waals surface area contributed by atoms with Gasteiger partial charge in [-0.25, -0.2) is 9.97 Å². The lowest BCUT2D eigenvalue weighted by Crippen LogP contribution is -2.17. The molecule has 0 radical (unpaired) electrons. The van der Waals surface area contributed by atoms with E-state index in [-0.39, 0.29) is 0 Å². The maximum Gasteiger partial charge on any atom is 0.138 e. The molecule has 0 fully saturated rings. The standard InChI is InChI=1S/C15H20N4/c1-4-16-14-10-15(18-11-17-14)19(5-2)13-8-6-12(3)7-9-13/h6-11H,4-5H2,1-3H3,(H,16,17,18). The molecule has 1 aromatic heterocycles. The molecule has 0 atom stereocenters. The van der Waals surface area contributed by atoms with Gasteiger partial charge in [0.25, 0.3) is 0 Å². The van der Waals surface area contributed by atoms with Gasteiger partial charge >= 0.3 is 0 Å². The van der Waals surface area contributed by atoms with E-state index in [0.717, 1.165) is 30.4 Å². The van der Waals surface area contributed by atoms with Crippen LogP contribution in [0.5, 0.6) is 0 Å². The smallest absolute Gasteiger partial charge is 0.138 e. The van der Waals surface area contributed by atoms with Gasteiger partial charge in [0.2, 0.25) is 0 Å². The van der Waals surface area contributed by atoms with Gasteiger partial charge in [-0.05, 0) is 32.9 Å². The van der Waals surface area contributed by atoms with Crippen LogP contribution in [0, 0.1) is 6.92 Å². The second-order valence-corrected chi connectivity index (χ2v) is 4.37. The Kier molecular flexibility index (Phi) is 4.34. The zero-order chi connectivity index (χ0) is 13.7. The van der Waals surface area contributed by atoms with Gasteiger partial charge in [-0.2, -0.15) is 0 Å². The number of aromatic nitrogens is 2. The van der Waals surface area contributed by atoms with E-state index < -0.39 is 0 Å². The van der Waals surface area contributed by atoms with Gasteiger partial charge < -0.3 is 10.2 Å². The van der Waals surface area contributed by atoms with Crippen LogP contribution in [0.15, 0.2) is 36.7 Å². The summed E-state index contributed by atoms with van der Waals surface area (Å²) in [5, 5.41) is 3.21. The Morgan fingerprint density at radius 1 is 1.11 bits per heavy atom. The lowest BCUT2D eigenvalue weighted by atomic mass is 10.2. The summed E-state index contributed by atoms with van der Waals surface area (Å²) in [4.78, 5) is 10.7. The molecule has 1 N–H and O–H groups in total. The molecule has 0 saturated carbocycles. The van der Waals surface area contributed by atoms with Gasteiger partial charge in [-0.3, -0.25) is 0 Å². The Balaban J connectivity index is 2.30. The highest BCUT2D eigenvalue weighted by Gasteiger charge is 2.09. The van der Waals surface area contributed by atoms with Crippen LogP contribution in [0.4, 0.5) is 17.3 Å². The van der Waals surface area contributed by atoms with Gasteiger partial charge in [0.1, 0.15) is 18.0 Å². The highest BCUT2D eigenvalue weighted by molar-refractivity contribution is 5.62. The van der Waals surface area contributed by atoms with Crippen molar-refractivity contribution in [3.63, 3.8) is 0 Å². The van der Waals surface area contributed by atoms with E-state index in [1.54, 1.807) is 6.33 Å². The summed E-state index contributed by atoms with van der Waals surface area (Å²) >= 11 is 0. The molecule has 0 bridgehead atoms. The molecule has 0 spiro atoms. The quantitative estimate of drug-likeness (QED) is 0.890. The molecule has 0 aliphatic heterocycles. The fraction of sp³-hybridized carbons (Fsp3) is 0.333. The van der Waals surface area contributed by atoms with E-state index in [1.165, 1.54) is 5.56 Å². The Morgan fingerprint density at radius 3 is 2.47 bits per heavy atom. The summed E-state index contributed by atoms with van der Waals surface area (Å²) in [6.45, 7) is 7.99. The molecule has 4 nitrogen and oxygen atoms in total. The van der Waals surface area contributed by atoms with Crippen LogP contribution in [0.3, 0.4) is 0 Å². The SMILES string of the molecule is CCNc1cc(N(CC)c2ccc(C)cc2)ncn1. The van der Waals surface area contributed by atoms with E-state index in [9.17, 15) is 0 Å². The Morgan fingerprint density at radius 2 is 1.84 bits per heavy atom. The third-order valence-electron chi connectivity index (χ3n) is 2.95. The van der Waals surface area contributed by atoms with Crippen molar-refractivity contribution < 1.29 is 0 Å². The van der Waals surface area contributed by atoms with Gasteiger partial charge in [0.05, 0.1) is 0 Å². The first-order valence-corrected chi connectivity index (χ1v) is 6.64. The fourth-order valence-corrected chi connectivity index (χ4v) is 1.97. The van der Waals surface area contributed by atoms with Crippen molar-refractivity contribution in [2.24, 2.45) is 0 Å². The van der Waals surface area contributed by atoms with Gasteiger partial charge in [-0.1, -0.05) is 17.7 Å². The predicted octanol–water partition coefficient (Wildman–Crippen LogP) is 3.37. The van der Waals surface area contributed by atoms with Crippen LogP contribution in [0.2, 0.25) is 0 Å². The minimum absolute atomic E-state index is 0.854. The summed E-state index contributed by atoms with van der Waals surface area (Å²) in [6, 6.07) is 10.4. The second kappa shape index (κ2) is 6.18. The summed E-state index contributed by atoms with van der Waals surface area (Å²) in [6.07, 6.45) is 1.60. The van der Waals surface area contributed by atoms with Crippen LogP contribution < -0.4 is 10.2 Å². The number of rotatable bonds is 5. The topological polar surface area (TPSA) is 41.0 Å². The third kappa shape index (κ3) is 3.22. The monoisotopic (exact) mass is 256 g/mol. The first kappa shape index (κ1) is 13.3. The first-order chi connectivity index (χ1) is 9.24. The van der Waals surface area contributed by atoms with E-state index in [2.05, 4.69) is 65.2 Å². The van der Waals surface area contributed by atoms with E-state index in [0.29, 0.717) is 0 Å². The molecule has 0 aliphatic carbocycles. The molecule has 19 heavy (non-hydrogen) atoms. The van der Waals surface area contributed by atoms with Gasteiger partial charge in [0, 0.05) is 24.8 Å². The first-order valence-electron chi connectivity index (χ1n) is 6.64. The fourth-order valence-electron chi connectivity index (χ4n) is 1.97. The van der Waals surface area contributed by atoms with Crippen molar-refractivity contribution in [1.82, 2.24) is 9.97 Å². The van der Waals surface area contributed by atoms with Crippen LogP contribution in [-0.2, 0) is 0 Å². The largest absolute Gasteiger partial charge is 0.370 e. The second-order valence-electron chi connectivity index (χ2n) is 4.37. The highest BCUT2D eigenvalue weighted by atomic mass is 15.2. The van der Waals surface area contributed by atoms with E-state index >= 15 is 0 Å². The number of anilines is 3. The molecule has 1 heterocycles. The van der Waals surface area contributed by atoms with Crippen molar-refractivity contribution in [3.05, 3.63) is 42.2 Å². The molecule has 0 saturated heterocycles. The lowest BCUT2D eigenvalue weighted by molar-refractivity contribution is 0.973. The summed E-state index contributed by atoms with van der Waals surface area (Å²) in [5.41, 5.74) is 2.41. The summed E-state index contributed by atoms with van der Waals surface area (Å²) < 4.78 is 0. The minimum atomic E-state index is 0.854. The minimum Gasteiger partial charge on any atom is -0.370 e. The number of nitrogens with zero attached hydrogens (tertiary/aromatic N) is 3. The zero-order valence-electron chi connectivity index (χ0n) is 11.7. The van der Waals surface area contributed by atoms with Crippen molar-refractivity contribution in [1.29, 1.82) is 0 Å². The van der Waals surface area contributed by atoms with Crippen LogP contribution >= 0.6 is 0 Å². The predicted molar refractivity (Wildman–Crippen MR) is 80.1 cm³/mol. The molecule has 2 rings (SSSR count). The van der Waals surface area contributed by atoms with Crippen molar-refractivity contribution in [3.8, 4) is 0 Å². The molecule has 2 aromatic rings. The van der Waals surface area contributed by atoms with Gasteiger partial charge in [-0.15, -0.1) is 0 Å². The number of hydrogen-bond acceptors (Lipinski definition) is 4.